The molecule has 0 aromatic carbocycles. The molecule has 4 heterocycles. The van der Waals surface area contributed by atoms with Gasteiger partial charge in [-0.1, -0.05) is 0 Å². The molecule has 5 atom stereocenters. The molecule has 30 heavy (non-hydrogen) atoms. The fourth-order valence-corrected chi connectivity index (χ4v) is 5.50. The van der Waals surface area contributed by atoms with Gasteiger partial charge in [0.2, 0.25) is 0 Å². The third kappa shape index (κ3) is 3.50. The second kappa shape index (κ2) is 7.28. The Morgan fingerprint density at radius 2 is 2.10 bits per heavy atom. The van der Waals surface area contributed by atoms with Gasteiger partial charge in [-0.3, -0.25) is 5.43 Å². The van der Waals surface area contributed by atoms with E-state index in [1.165, 1.54) is 12.8 Å². The predicted octanol–water partition coefficient (Wildman–Crippen LogP) is 2.38. The number of hydrazine groups is 1. The lowest BCUT2D eigenvalue weighted by molar-refractivity contribution is -0.0500. The van der Waals surface area contributed by atoms with Crippen molar-refractivity contribution in [2.45, 2.75) is 75.3 Å². The summed E-state index contributed by atoms with van der Waals surface area (Å²) >= 11 is 0. The van der Waals surface area contributed by atoms with Crippen molar-refractivity contribution in [3.05, 3.63) is 36.8 Å². The van der Waals surface area contributed by atoms with Gasteiger partial charge in [0, 0.05) is 43.5 Å². The molecule has 2 aromatic rings. The van der Waals surface area contributed by atoms with E-state index in [2.05, 4.69) is 54.5 Å². The number of aromatic nitrogens is 4. The molecule has 2 aliphatic carbocycles. The summed E-state index contributed by atoms with van der Waals surface area (Å²) in [7, 11) is 0. The lowest BCUT2D eigenvalue weighted by atomic mass is 9.79. The highest BCUT2D eigenvalue weighted by Crippen LogP contribution is 2.45. The van der Waals surface area contributed by atoms with E-state index in [1.54, 1.807) is 6.33 Å². The van der Waals surface area contributed by atoms with Crippen LogP contribution in [-0.2, 0) is 4.74 Å². The molecule has 0 spiro atoms. The van der Waals surface area contributed by atoms with E-state index in [4.69, 9.17) is 4.74 Å². The Morgan fingerprint density at radius 1 is 1.17 bits per heavy atom. The van der Waals surface area contributed by atoms with Crippen molar-refractivity contribution in [2.24, 2.45) is 5.92 Å². The van der Waals surface area contributed by atoms with Crippen LogP contribution in [0.4, 0.5) is 5.82 Å². The molecule has 2 aliphatic heterocycles. The molecular weight excluding hydrogens is 378 g/mol. The molecule has 8 nitrogen and oxygen atoms in total. The Hall–Kier alpha value is -2.03. The van der Waals surface area contributed by atoms with E-state index in [-0.39, 0.29) is 11.6 Å². The van der Waals surface area contributed by atoms with Crippen LogP contribution in [0.2, 0.25) is 0 Å². The highest BCUT2D eigenvalue weighted by atomic mass is 16.5. The van der Waals surface area contributed by atoms with E-state index in [0.717, 1.165) is 50.3 Å². The normalized spacial score (nSPS) is 34.8. The number of hydrogen-bond donors (Lipinski definition) is 2. The lowest BCUT2D eigenvalue weighted by Gasteiger charge is -2.34. The van der Waals surface area contributed by atoms with Crippen molar-refractivity contribution in [1.29, 1.82) is 0 Å². The number of nitrogens with one attached hydrogen (secondary N) is 2. The Labute approximate surface area is 177 Å². The van der Waals surface area contributed by atoms with Gasteiger partial charge >= 0.3 is 0 Å². The van der Waals surface area contributed by atoms with E-state index in [1.807, 2.05) is 12.5 Å². The van der Waals surface area contributed by atoms with Crippen LogP contribution in [0.15, 0.2) is 31.1 Å². The van der Waals surface area contributed by atoms with Crippen molar-refractivity contribution in [1.82, 2.24) is 30.4 Å². The Morgan fingerprint density at radius 3 is 2.93 bits per heavy atom. The van der Waals surface area contributed by atoms with Gasteiger partial charge in [-0.15, -0.1) is 0 Å². The molecule has 2 aromatic heterocycles. The van der Waals surface area contributed by atoms with Gasteiger partial charge < -0.3 is 14.2 Å². The molecule has 0 radical (unpaired) electrons. The Kier molecular flexibility index (Phi) is 4.54. The average Bonchev–Trinajstić information content (AvgIpc) is 3.26. The predicted molar refractivity (Wildman–Crippen MR) is 113 cm³/mol. The summed E-state index contributed by atoms with van der Waals surface area (Å²) in [6.45, 7) is 4.23. The number of rotatable bonds is 5. The first-order chi connectivity index (χ1) is 14.7. The molecule has 160 valence electrons. The zero-order valence-electron chi connectivity index (χ0n) is 17.6. The van der Waals surface area contributed by atoms with Crippen LogP contribution >= 0.6 is 0 Å². The second-order valence-corrected chi connectivity index (χ2v) is 9.74. The summed E-state index contributed by atoms with van der Waals surface area (Å²) in [5.74, 6) is 1.54. The first-order valence-electron chi connectivity index (χ1n) is 11.4. The summed E-state index contributed by atoms with van der Waals surface area (Å²) in [6, 6.07) is 3.35. The molecule has 2 saturated heterocycles. The summed E-state index contributed by atoms with van der Waals surface area (Å²) in [5.41, 5.74) is 8.30. The molecule has 2 N–H and O–H groups in total. The average molecular weight is 410 g/mol. The minimum absolute atomic E-state index is 0.149. The number of imidazole rings is 1. The van der Waals surface area contributed by atoms with Crippen LogP contribution in [0.3, 0.4) is 0 Å². The van der Waals surface area contributed by atoms with Gasteiger partial charge in [0.1, 0.15) is 12.1 Å². The molecule has 0 amide bonds. The minimum Gasteiger partial charge on any atom is -0.372 e. The lowest BCUT2D eigenvalue weighted by Crippen LogP contribution is -2.38. The maximum absolute atomic E-state index is 6.43. The van der Waals surface area contributed by atoms with E-state index in [9.17, 15) is 0 Å². The molecule has 8 heteroatoms. The van der Waals surface area contributed by atoms with Crippen LogP contribution in [0.25, 0.3) is 0 Å². The molecule has 5 unspecified atom stereocenters. The smallest absolute Gasteiger partial charge is 0.132 e. The topological polar surface area (TPSA) is 80.1 Å². The van der Waals surface area contributed by atoms with Crippen LogP contribution in [0.1, 0.15) is 63.2 Å². The van der Waals surface area contributed by atoms with Crippen molar-refractivity contribution in [3.63, 3.8) is 0 Å². The first-order valence-corrected chi connectivity index (χ1v) is 11.4. The van der Waals surface area contributed by atoms with Gasteiger partial charge in [0.25, 0.3) is 0 Å². The summed E-state index contributed by atoms with van der Waals surface area (Å²) in [6.07, 6.45) is 14.9. The zero-order valence-corrected chi connectivity index (χ0v) is 17.6. The highest BCUT2D eigenvalue weighted by Gasteiger charge is 2.46. The quantitative estimate of drug-likeness (QED) is 0.785. The molecule has 4 aliphatic rings. The number of nitrogens with zero attached hydrogens (tertiary/aromatic N) is 5. The maximum Gasteiger partial charge on any atom is 0.132 e. The van der Waals surface area contributed by atoms with E-state index in [0.29, 0.717) is 24.1 Å². The maximum atomic E-state index is 6.43. The van der Waals surface area contributed by atoms with Crippen LogP contribution in [-0.4, -0.2) is 50.4 Å². The Bertz CT molecular complexity index is 883. The molecule has 0 bridgehead atoms. The van der Waals surface area contributed by atoms with Gasteiger partial charge in [0.05, 0.1) is 35.8 Å². The van der Waals surface area contributed by atoms with Crippen LogP contribution in [0, 0.1) is 5.92 Å². The van der Waals surface area contributed by atoms with Gasteiger partial charge in [-0.25, -0.2) is 20.4 Å². The fraction of sp³-hybridized carbons (Fsp3) is 0.682. The monoisotopic (exact) mass is 409 g/mol. The molecular formula is C22H31N7O. The van der Waals surface area contributed by atoms with Crippen molar-refractivity contribution in [3.8, 4) is 0 Å². The third-order valence-corrected chi connectivity index (χ3v) is 7.54. The SMILES string of the molecule is CC1(OC2CCC3NNC(c4cc(N5CCC(n6ccnc6)C5)ncn4)C3C2)CC1. The van der Waals surface area contributed by atoms with Gasteiger partial charge in [-0.05, 0) is 45.4 Å². The third-order valence-electron chi connectivity index (χ3n) is 7.54. The van der Waals surface area contributed by atoms with Crippen molar-refractivity contribution in [2.75, 3.05) is 18.0 Å². The summed E-state index contributed by atoms with van der Waals surface area (Å²) < 4.78 is 8.64. The van der Waals surface area contributed by atoms with Crippen LogP contribution in [0.5, 0.6) is 0 Å². The first kappa shape index (κ1) is 18.7. The number of fused-ring (bicyclic) bond motifs is 1. The fourth-order valence-electron chi connectivity index (χ4n) is 5.50. The number of anilines is 1. The second-order valence-electron chi connectivity index (χ2n) is 9.74. The standard InChI is InChI=1S/C22H31N7O/c1-22(5-6-22)30-16-2-3-18-17(10-16)21(27-26-18)19-11-20(25-13-24-19)28-8-4-15(12-28)29-9-7-23-14-29/h7,9,11,13-18,21,26-27H,2-6,8,10,12H2,1H3. The largest absolute Gasteiger partial charge is 0.372 e. The zero-order chi connectivity index (χ0) is 20.1. The molecule has 2 saturated carbocycles. The summed E-state index contributed by atoms with van der Waals surface area (Å²) in [4.78, 5) is 15.8. The summed E-state index contributed by atoms with van der Waals surface area (Å²) in [5, 5.41) is 0. The van der Waals surface area contributed by atoms with Crippen molar-refractivity contribution < 1.29 is 4.74 Å². The highest BCUT2D eigenvalue weighted by molar-refractivity contribution is 5.41. The van der Waals surface area contributed by atoms with Gasteiger partial charge in [-0.2, -0.15) is 0 Å². The van der Waals surface area contributed by atoms with Crippen molar-refractivity contribution >= 4 is 5.82 Å². The van der Waals surface area contributed by atoms with Crippen LogP contribution < -0.4 is 15.8 Å². The van der Waals surface area contributed by atoms with Gasteiger partial charge in [0.15, 0.2) is 0 Å². The van der Waals surface area contributed by atoms with E-state index >= 15 is 0 Å². The van der Waals surface area contributed by atoms with E-state index < -0.39 is 0 Å². The number of hydrogen-bond acceptors (Lipinski definition) is 7. The molecule has 6 rings (SSSR count). The Balaban J connectivity index is 1.16. The molecule has 4 fully saturated rings. The minimum atomic E-state index is 0.149. The number of ether oxygens (including phenoxy) is 1.